The molecule has 2 aromatic rings. The Hall–Kier alpha value is -2.69. The van der Waals surface area contributed by atoms with Crippen LogP contribution in [-0.4, -0.2) is 24.3 Å². The third-order valence-electron chi connectivity index (χ3n) is 3.77. The average Bonchev–Trinajstić information content (AvgIpc) is 3.06. The molecule has 0 atom stereocenters. The second kappa shape index (κ2) is 7.05. The lowest BCUT2D eigenvalue weighted by Gasteiger charge is -2.21. The molecule has 0 spiro atoms. The van der Waals surface area contributed by atoms with Crippen molar-refractivity contribution in [2.45, 2.75) is 20.0 Å². The van der Waals surface area contributed by atoms with Gasteiger partial charge in [0.25, 0.3) is 0 Å². The van der Waals surface area contributed by atoms with Crippen molar-refractivity contribution in [1.82, 2.24) is 10.2 Å². The van der Waals surface area contributed by atoms with E-state index in [2.05, 4.69) is 5.32 Å². The molecular formula is C18H20N2O3. The van der Waals surface area contributed by atoms with E-state index >= 15 is 0 Å². The van der Waals surface area contributed by atoms with Crippen molar-refractivity contribution in [3.8, 4) is 11.5 Å². The van der Waals surface area contributed by atoms with Gasteiger partial charge in [0.15, 0.2) is 11.5 Å². The topological polar surface area (TPSA) is 50.8 Å². The summed E-state index contributed by atoms with van der Waals surface area (Å²) in [6.45, 7) is 3.92. The summed E-state index contributed by atoms with van der Waals surface area (Å²) in [5, 5.41) is 2.95. The SMILES string of the molecule is CCN(Cc1ccc2c(c1)OCO2)C(=O)NCc1ccccc1. The third kappa shape index (κ3) is 3.74. The van der Waals surface area contributed by atoms with Gasteiger partial charge in [0.05, 0.1) is 0 Å². The molecule has 2 aromatic carbocycles. The maximum atomic E-state index is 12.3. The first-order chi connectivity index (χ1) is 11.3. The maximum absolute atomic E-state index is 12.3. The monoisotopic (exact) mass is 312 g/mol. The molecule has 0 aliphatic carbocycles. The van der Waals surface area contributed by atoms with Crippen LogP contribution in [0.5, 0.6) is 11.5 Å². The van der Waals surface area contributed by atoms with E-state index in [-0.39, 0.29) is 12.8 Å². The van der Waals surface area contributed by atoms with Gasteiger partial charge in [-0.1, -0.05) is 36.4 Å². The second-order valence-corrected chi connectivity index (χ2v) is 5.35. The van der Waals surface area contributed by atoms with E-state index in [1.807, 2.05) is 55.5 Å². The van der Waals surface area contributed by atoms with Crippen molar-refractivity contribution in [2.24, 2.45) is 0 Å². The molecular weight excluding hydrogens is 292 g/mol. The van der Waals surface area contributed by atoms with Gasteiger partial charge in [-0.25, -0.2) is 4.79 Å². The second-order valence-electron chi connectivity index (χ2n) is 5.35. The third-order valence-corrected chi connectivity index (χ3v) is 3.77. The summed E-state index contributed by atoms with van der Waals surface area (Å²) < 4.78 is 10.7. The van der Waals surface area contributed by atoms with Gasteiger partial charge in [0.1, 0.15) is 0 Å². The number of carbonyl (C=O) groups excluding carboxylic acids is 1. The van der Waals surface area contributed by atoms with Gasteiger partial charge in [-0.2, -0.15) is 0 Å². The van der Waals surface area contributed by atoms with E-state index < -0.39 is 0 Å². The summed E-state index contributed by atoms with van der Waals surface area (Å²) in [5.74, 6) is 1.49. The largest absolute Gasteiger partial charge is 0.454 e. The lowest BCUT2D eigenvalue weighted by Crippen LogP contribution is -2.39. The fourth-order valence-corrected chi connectivity index (χ4v) is 2.47. The van der Waals surface area contributed by atoms with Crippen molar-refractivity contribution in [3.05, 3.63) is 59.7 Å². The Kier molecular flexibility index (Phi) is 4.66. The van der Waals surface area contributed by atoms with Gasteiger partial charge in [-0.05, 0) is 30.2 Å². The molecule has 0 aromatic heterocycles. The molecule has 0 saturated carbocycles. The van der Waals surface area contributed by atoms with Crippen LogP contribution in [0.25, 0.3) is 0 Å². The molecule has 1 aliphatic rings. The highest BCUT2D eigenvalue weighted by Gasteiger charge is 2.16. The van der Waals surface area contributed by atoms with Crippen LogP contribution >= 0.6 is 0 Å². The zero-order chi connectivity index (χ0) is 16.1. The molecule has 23 heavy (non-hydrogen) atoms. The Morgan fingerprint density at radius 1 is 1.09 bits per heavy atom. The number of nitrogens with zero attached hydrogens (tertiary/aromatic N) is 1. The predicted octanol–water partition coefficient (Wildman–Crippen LogP) is 3.15. The van der Waals surface area contributed by atoms with E-state index in [0.29, 0.717) is 19.6 Å². The molecule has 1 N–H and O–H groups in total. The highest BCUT2D eigenvalue weighted by Crippen LogP contribution is 2.32. The van der Waals surface area contributed by atoms with Crippen LogP contribution in [0, 0.1) is 0 Å². The minimum Gasteiger partial charge on any atom is -0.454 e. The Balaban J connectivity index is 1.59. The molecule has 3 rings (SSSR count). The Morgan fingerprint density at radius 2 is 1.87 bits per heavy atom. The predicted molar refractivity (Wildman–Crippen MR) is 87.3 cm³/mol. The number of amides is 2. The molecule has 0 bridgehead atoms. The van der Waals surface area contributed by atoms with E-state index in [1.165, 1.54) is 0 Å². The van der Waals surface area contributed by atoms with Crippen molar-refractivity contribution in [3.63, 3.8) is 0 Å². The Morgan fingerprint density at radius 3 is 2.65 bits per heavy atom. The van der Waals surface area contributed by atoms with Crippen LogP contribution < -0.4 is 14.8 Å². The van der Waals surface area contributed by atoms with Gasteiger partial charge in [-0.3, -0.25) is 0 Å². The standard InChI is InChI=1S/C18H20N2O3/c1-2-20(18(21)19-11-14-6-4-3-5-7-14)12-15-8-9-16-17(10-15)23-13-22-16/h3-10H,2,11-13H2,1H3,(H,19,21). The van der Waals surface area contributed by atoms with Gasteiger partial charge in [0, 0.05) is 19.6 Å². The van der Waals surface area contributed by atoms with E-state index in [4.69, 9.17) is 9.47 Å². The van der Waals surface area contributed by atoms with Crippen LogP contribution in [0.4, 0.5) is 4.79 Å². The van der Waals surface area contributed by atoms with Crippen molar-refractivity contribution < 1.29 is 14.3 Å². The highest BCUT2D eigenvalue weighted by atomic mass is 16.7. The molecule has 0 saturated heterocycles. The lowest BCUT2D eigenvalue weighted by atomic mass is 10.2. The molecule has 0 unspecified atom stereocenters. The summed E-state index contributed by atoms with van der Waals surface area (Å²) in [5.41, 5.74) is 2.10. The van der Waals surface area contributed by atoms with Gasteiger partial charge in [-0.15, -0.1) is 0 Å². The van der Waals surface area contributed by atoms with Crippen LogP contribution in [0.2, 0.25) is 0 Å². The van der Waals surface area contributed by atoms with Crippen LogP contribution in [-0.2, 0) is 13.1 Å². The zero-order valence-corrected chi connectivity index (χ0v) is 13.1. The van der Waals surface area contributed by atoms with Crippen molar-refractivity contribution in [1.29, 1.82) is 0 Å². The fourth-order valence-electron chi connectivity index (χ4n) is 2.47. The molecule has 5 heteroatoms. The first-order valence-corrected chi connectivity index (χ1v) is 7.71. The van der Waals surface area contributed by atoms with Crippen LogP contribution in [0.15, 0.2) is 48.5 Å². The minimum absolute atomic E-state index is 0.0750. The first-order valence-electron chi connectivity index (χ1n) is 7.71. The summed E-state index contributed by atoms with van der Waals surface area (Å²) in [4.78, 5) is 14.1. The Labute approximate surface area is 135 Å². The fraction of sp³-hybridized carbons (Fsp3) is 0.278. The van der Waals surface area contributed by atoms with Crippen molar-refractivity contribution >= 4 is 6.03 Å². The number of nitrogens with one attached hydrogen (secondary N) is 1. The number of urea groups is 1. The molecule has 1 heterocycles. The molecule has 1 aliphatic heterocycles. The lowest BCUT2D eigenvalue weighted by molar-refractivity contribution is 0.173. The van der Waals surface area contributed by atoms with Crippen LogP contribution in [0.3, 0.4) is 0 Å². The average molecular weight is 312 g/mol. The van der Waals surface area contributed by atoms with E-state index in [9.17, 15) is 4.79 Å². The van der Waals surface area contributed by atoms with Gasteiger partial charge >= 0.3 is 6.03 Å². The van der Waals surface area contributed by atoms with Gasteiger partial charge in [0.2, 0.25) is 6.79 Å². The molecule has 0 fully saturated rings. The smallest absolute Gasteiger partial charge is 0.317 e. The van der Waals surface area contributed by atoms with Gasteiger partial charge < -0.3 is 19.7 Å². The number of benzene rings is 2. The molecule has 0 radical (unpaired) electrons. The number of carbonyl (C=O) groups is 1. The summed E-state index contributed by atoms with van der Waals surface area (Å²) >= 11 is 0. The normalized spacial score (nSPS) is 12.0. The zero-order valence-electron chi connectivity index (χ0n) is 13.1. The number of rotatable bonds is 5. The van der Waals surface area contributed by atoms with Crippen LogP contribution in [0.1, 0.15) is 18.1 Å². The summed E-state index contributed by atoms with van der Waals surface area (Å²) in [6.07, 6.45) is 0. The summed E-state index contributed by atoms with van der Waals surface area (Å²) in [6, 6.07) is 15.6. The number of ether oxygens (including phenoxy) is 2. The van der Waals surface area contributed by atoms with E-state index in [0.717, 1.165) is 22.6 Å². The maximum Gasteiger partial charge on any atom is 0.317 e. The first kappa shape index (κ1) is 15.2. The molecule has 2 amide bonds. The molecule has 5 nitrogen and oxygen atoms in total. The van der Waals surface area contributed by atoms with Crippen molar-refractivity contribution in [2.75, 3.05) is 13.3 Å². The number of hydrogen-bond acceptors (Lipinski definition) is 3. The highest BCUT2D eigenvalue weighted by molar-refractivity contribution is 5.74. The molecule has 120 valence electrons. The summed E-state index contributed by atoms with van der Waals surface area (Å²) in [7, 11) is 0. The van der Waals surface area contributed by atoms with E-state index in [1.54, 1.807) is 4.90 Å². The number of hydrogen-bond donors (Lipinski definition) is 1. The Bertz CT molecular complexity index is 673. The number of fused-ring (bicyclic) bond motifs is 1. The minimum atomic E-state index is -0.0750. The quantitative estimate of drug-likeness (QED) is 0.922.